The predicted molar refractivity (Wildman–Crippen MR) is 111 cm³/mol. The van der Waals surface area contributed by atoms with Crippen molar-refractivity contribution in [3.63, 3.8) is 0 Å². The summed E-state index contributed by atoms with van der Waals surface area (Å²) >= 11 is 0. The lowest BCUT2D eigenvalue weighted by Gasteiger charge is -2.29. The van der Waals surface area contributed by atoms with E-state index in [4.69, 9.17) is 0 Å². The summed E-state index contributed by atoms with van der Waals surface area (Å²) in [5.41, 5.74) is -2.11. The van der Waals surface area contributed by atoms with Gasteiger partial charge in [-0.25, -0.2) is 22.0 Å². The third-order valence-electron chi connectivity index (χ3n) is 6.49. The van der Waals surface area contributed by atoms with Gasteiger partial charge in [0.15, 0.2) is 17.5 Å². The van der Waals surface area contributed by atoms with Crippen LogP contribution in [0.25, 0.3) is 0 Å². The van der Waals surface area contributed by atoms with Gasteiger partial charge in [-0.1, -0.05) is 32.6 Å². The Morgan fingerprint density at radius 1 is 0.848 bits per heavy atom. The van der Waals surface area contributed by atoms with Crippen LogP contribution in [0, 0.1) is 41.9 Å². The van der Waals surface area contributed by atoms with E-state index in [2.05, 4.69) is 11.7 Å². The van der Waals surface area contributed by atoms with Crippen molar-refractivity contribution in [3.8, 4) is 5.75 Å². The van der Waals surface area contributed by atoms with E-state index in [1.54, 1.807) is 0 Å². The molecule has 1 nitrogen and oxygen atoms in total. The number of alkyl halides is 2. The summed E-state index contributed by atoms with van der Waals surface area (Å²) in [6.45, 7) is 3.02. The number of ether oxygens (including phenoxy) is 1. The third kappa shape index (κ3) is 5.64. The van der Waals surface area contributed by atoms with Crippen molar-refractivity contribution in [2.75, 3.05) is 0 Å². The maximum absolute atomic E-state index is 14.7. The lowest BCUT2D eigenvalue weighted by atomic mass is 9.77. The summed E-state index contributed by atoms with van der Waals surface area (Å²) < 4.78 is 103. The zero-order chi connectivity index (χ0) is 24.3. The minimum Gasteiger partial charge on any atom is -0.428 e. The number of halogens is 7. The summed E-state index contributed by atoms with van der Waals surface area (Å²) in [4.78, 5) is 0. The number of hydrogen-bond donors (Lipinski definition) is 0. The van der Waals surface area contributed by atoms with Crippen molar-refractivity contribution >= 4 is 0 Å². The molecule has 0 aromatic heterocycles. The molecule has 0 unspecified atom stereocenters. The Hall–Kier alpha value is -2.25. The quantitative estimate of drug-likeness (QED) is 0.210. The topological polar surface area (TPSA) is 9.23 Å². The van der Waals surface area contributed by atoms with Gasteiger partial charge in [0, 0.05) is 11.6 Å². The van der Waals surface area contributed by atoms with E-state index in [0.29, 0.717) is 11.5 Å². The average molecular weight is 476 g/mol. The molecule has 1 saturated carbocycles. The minimum absolute atomic E-state index is 0.137. The van der Waals surface area contributed by atoms with Crippen molar-refractivity contribution in [1.29, 1.82) is 0 Å². The highest BCUT2D eigenvalue weighted by Gasteiger charge is 2.42. The van der Waals surface area contributed by atoms with Crippen LogP contribution in [-0.2, 0) is 6.11 Å². The van der Waals surface area contributed by atoms with E-state index in [-0.39, 0.29) is 12.0 Å². The highest BCUT2D eigenvalue weighted by Crippen LogP contribution is 2.41. The van der Waals surface area contributed by atoms with Gasteiger partial charge in [-0.05, 0) is 62.1 Å². The van der Waals surface area contributed by atoms with Crippen molar-refractivity contribution in [3.05, 3.63) is 64.0 Å². The van der Waals surface area contributed by atoms with E-state index in [0.717, 1.165) is 64.0 Å². The zero-order valence-corrected chi connectivity index (χ0v) is 18.6. The van der Waals surface area contributed by atoms with E-state index >= 15 is 0 Å². The number of hydrogen-bond acceptors (Lipinski definition) is 1. The Labute approximate surface area is 188 Å². The molecule has 2 aromatic carbocycles. The molecule has 0 spiro atoms. The monoisotopic (exact) mass is 476 g/mol. The van der Waals surface area contributed by atoms with E-state index in [9.17, 15) is 30.7 Å². The molecule has 0 atom stereocenters. The van der Waals surface area contributed by atoms with Gasteiger partial charge >= 0.3 is 6.11 Å². The molecular weight excluding hydrogens is 449 g/mol. The summed E-state index contributed by atoms with van der Waals surface area (Å²) in [5, 5.41) is 0. The van der Waals surface area contributed by atoms with E-state index < -0.39 is 52.1 Å². The van der Waals surface area contributed by atoms with Crippen LogP contribution < -0.4 is 4.74 Å². The van der Waals surface area contributed by atoms with Crippen LogP contribution in [0.4, 0.5) is 30.7 Å². The van der Waals surface area contributed by atoms with Gasteiger partial charge < -0.3 is 4.74 Å². The lowest BCUT2D eigenvalue weighted by Crippen LogP contribution is -2.26. The van der Waals surface area contributed by atoms with Gasteiger partial charge in [0.25, 0.3) is 0 Å². The van der Waals surface area contributed by atoms with E-state index in [1.807, 2.05) is 0 Å². The largest absolute Gasteiger partial charge is 0.432 e. The Kier molecular flexibility index (Phi) is 7.96. The second kappa shape index (κ2) is 10.3. The first-order chi connectivity index (χ1) is 15.5. The molecule has 3 rings (SSSR count). The SMILES string of the molecule is CCCCCC1CCC(c2cc(F)c(C(F)(F)Oc3cc(F)c(F)c(F)c3C)c(F)c2)CC1. The molecule has 1 aliphatic rings. The Morgan fingerprint density at radius 2 is 1.45 bits per heavy atom. The highest BCUT2D eigenvalue weighted by molar-refractivity contribution is 5.37. The second-order valence-corrected chi connectivity index (χ2v) is 8.80. The smallest absolute Gasteiger partial charge is 0.428 e. The summed E-state index contributed by atoms with van der Waals surface area (Å²) in [6, 6.07) is 1.96. The van der Waals surface area contributed by atoms with Gasteiger partial charge in [-0.2, -0.15) is 8.78 Å². The minimum atomic E-state index is -4.58. The van der Waals surface area contributed by atoms with Crippen molar-refractivity contribution in [1.82, 2.24) is 0 Å². The van der Waals surface area contributed by atoms with Crippen LogP contribution in [0.1, 0.15) is 80.9 Å². The molecule has 182 valence electrons. The number of benzene rings is 2. The van der Waals surface area contributed by atoms with Crippen LogP contribution in [-0.4, -0.2) is 0 Å². The summed E-state index contributed by atoms with van der Waals surface area (Å²) in [5.74, 6) is -8.98. The predicted octanol–water partition coefficient (Wildman–Crippen LogP) is 8.67. The van der Waals surface area contributed by atoms with Crippen LogP contribution in [0.3, 0.4) is 0 Å². The van der Waals surface area contributed by atoms with Crippen molar-refractivity contribution in [2.45, 2.75) is 77.2 Å². The molecule has 8 heteroatoms. The Morgan fingerprint density at radius 3 is 2.03 bits per heavy atom. The van der Waals surface area contributed by atoms with Gasteiger partial charge in [-0.15, -0.1) is 0 Å². The Balaban J connectivity index is 1.78. The fraction of sp³-hybridized carbons (Fsp3) is 0.520. The van der Waals surface area contributed by atoms with Crippen LogP contribution in [0.5, 0.6) is 5.75 Å². The first kappa shape index (κ1) is 25.4. The van der Waals surface area contributed by atoms with Gasteiger partial charge in [0.1, 0.15) is 22.9 Å². The van der Waals surface area contributed by atoms with Gasteiger partial charge in [-0.3, -0.25) is 0 Å². The third-order valence-corrected chi connectivity index (χ3v) is 6.49. The van der Waals surface area contributed by atoms with Crippen molar-refractivity contribution in [2.24, 2.45) is 5.92 Å². The molecule has 0 N–H and O–H groups in total. The molecule has 0 amide bonds. The fourth-order valence-electron chi connectivity index (χ4n) is 4.53. The zero-order valence-electron chi connectivity index (χ0n) is 18.6. The number of rotatable bonds is 8. The number of unbranched alkanes of at least 4 members (excludes halogenated alkanes) is 2. The molecule has 0 aliphatic heterocycles. The van der Waals surface area contributed by atoms with E-state index in [1.165, 1.54) is 6.42 Å². The summed E-state index contributed by atoms with van der Waals surface area (Å²) in [7, 11) is 0. The van der Waals surface area contributed by atoms with Crippen LogP contribution in [0.15, 0.2) is 18.2 Å². The summed E-state index contributed by atoms with van der Waals surface area (Å²) in [6.07, 6.45) is 3.27. The Bertz CT molecular complexity index is 958. The lowest BCUT2D eigenvalue weighted by molar-refractivity contribution is -0.190. The highest BCUT2D eigenvalue weighted by atomic mass is 19.3. The normalized spacial score (nSPS) is 19.1. The van der Waals surface area contributed by atoms with Gasteiger partial charge in [0.2, 0.25) is 0 Å². The maximum atomic E-state index is 14.7. The molecule has 2 aromatic rings. The molecule has 0 bridgehead atoms. The second-order valence-electron chi connectivity index (χ2n) is 8.80. The molecular formula is C25H27F7O. The van der Waals surface area contributed by atoms with Crippen LogP contribution in [0.2, 0.25) is 0 Å². The van der Waals surface area contributed by atoms with Crippen LogP contribution >= 0.6 is 0 Å². The average Bonchev–Trinajstić information content (AvgIpc) is 2.75. The molecule has 0 heterocycles. The fourth-order valence-corrected chi connectivity index (χ4v) is 4.53. The molecule has 0 saturated heterocycles. The maximum Gasteiger partial charge on any atom is 0.432 e. The molecule has 1 fully saturated rings. The van der Waals surface area contributed by atoms with Gasteiger partial charge in [0.05, 0.1) is 0 Å². The molecule has 1 aliphatic carbocycles. The molecule has 0 radical (unpaired) electrons. The standard InChI is InChI=1S/C25H27F7O/c1-3-4-5-6-15-7-9-16(10-8-15)17-11-18(26)22(19(27)12-17)25(31,32)33-21-13-20(28)24(30)23(29)14(21)2/h11-13,15-16H,3-10H2,1-2H3. The first-order valence-corrected chi connectivity index (χ1v) is 11.3. The van der Waals surface area contributed by atoms with Crippen molar-refractivity contribution < 1.29 is 35.5 Å². The molecule has 33 heavy (non-hydrogen) atoms. The first-order valence-electron chi connectivity index (χ1n) is 11.3.